The van der Waals surface area contributed by atoms with E-state index in [0.29, 0.717) is 12.2 Å². The normalized spacial score (nSPS) is 27.2. The van der Waals surface area contributed by atoms with E-state index in [2.05, 4.69) is 0 Å². The Labute approximate surface area is 117 Å². The molecule has 2 aliphatic heterocycles. The fourth-order valence-corrected chi connectivity index (χ4v) is 2.66. The van der Waals surface area contributed by atoms with Crippen molar-refractivity contribution in [2.24, 2.45) is 0 Å². The van der Waals surface area contributed by atoms with Crippen molar-refractivity contribution in [3.05, 3.63) is 36.4 Å². The first kappa shape index (κ1) is 14.5. The molecule has 2 atom stereocenters. The average Bonchev–Trinajstić information content (AvgIpc) is 2.52. The van der Waals surface area contributed by atoms with Crippen LogP contribution < -0.4 is 0 Å². The summed E-state index contributed by atoms with van der Waals surface area (Å²) in [7, 11) is 0. The molecule has 0 amide bonds. The second-order valence-corrected chi connectivity index (χ2v) is 5.37. The lowest BCUT2D eigenvalue weighted by atomic mass is 9.99. The lowest BCUT2D eigenvalue weighted by molar-refractivity contribution is -0.0512. The third kappa shape index (κ3) is 6.22. The van der Waals surface area contributed by atoms with Crippen LogP contribution in [0.15, 0.2) is 36.4 Å². The Morgan fingerprint density at radius 2 is 1.05 bits per heavy atom. The molecule has 2 heterocycles. The van der Waals surface area contributed by atoms with Crippen LogP contribution in [0.1, 0.15) is 44.9 Å². The zero-order valence-electron chi connectivity index (χ0n) is 11.8. The summed E-state index contributed by atoms with van der Waals surface area (Å²) >= 11 is 0. The molecule has 0 spiro atoms. The predicted molar refractivity (Wildman–Crippen MR) is 78.2 cm³/mol. The van der Waals surface area contributed by atoms with Gasteiger partial charge in [-0.1, -0.05) is 36.4 Å². The maximum atomic E-state index is 5.70. The van der Waals surface area contributed by atoms with Gasteiger partial charge >= 0.3 is 0 Å². The van der Waals surface area contributed by atoms with Gasteiger partial charge in [0.15, 0.2) is 0 Å². The number of rotatable bonds is 2. The molecule has 19 heavy (non-hydrogen) atoms. The molecule has 0 aromatic heterocycles. The Kier molecular flexibility index (Phi) is 6.97. The summed E-state index contributed by atoms with van der Waals surface area (Å²) in [6, 6.07) is 12.0. The summed E-state index contributed by atoms with van der Waals surface area (Å²) in [5.74, 6) is 0. The Balaban J connectivity index is 0.000000186. The highest BCUT2D eigenvalue weighted by Crippen LogP contribution is 2.23. The second kappa shape index (κ2) is 9.11. The first-order valence-electron chi connectivity index (χ1n) is 7.68. The summed E-state index contributed by atoms with van der Waals surface area (Å²) in [5, 5.41) is 0. The maximum absolute atomic E-state index is 5.70. The summed E-state index contributed by atoms with van der Waals surface area (Å²) in [5.41, 5.74) is 0. The van der Waals surface area contributed by atoms with Gasteiger partial charge in [-0.2, -0.15) is 0 Å². The molecule has 0 radical (unpaired) electrons. The fourth-order valence-electron chi connectivity index (χ4n) is 2.66. The van der Waals surface area contributed by atoms with E-state index in [9.17, 15) is 0 Å². The van der Waals surface area contributed by atoms with Gasteiger partial charge in [-0.15, -0.1) is 0 Å². The van der Waals surface area contributed by atoms with Crippen LogP contribution in [0, 0.1) is 0 Å². The van der Waals surface area contributed by atoms with Crippen LogP contribution >= 0.6 is 0 Å². The molecule has 0 saturated carbocycles. The molecule has 2 unspecified atom stereocenters. The van der Waals surface area contributed by atoms with Gasteiger partial charge in [-0.05, 0) is 44.9 Å². The van der Waals surface area contributed by atoms with Gasteiger partial charge in [0.25, 0.3) is 0 Å². The molecular formula is C17H26O2. The van der Waals surface area contributed by atoms with Crippen molar-refractivity contribution >= 4 is 0 Å². The van der Waals surface area contributed by atoms with Crippen molar-refractivity contribution in [3.8, 4) is 0 Å². The highest BCUT2D eigenvalue weighted by molar-refractivity contribution is 4.99. The molecule has 2 aliphatic rings. The standard InChI is InChI=1S/C11H20O2.C6H6/c1-3-7-12-10(5-1)9-11-6-2-4-8-13-11;1-2-4-6-5-3-1/h10-11H,1-9H2;1-6H. The summed E-state index contributed by atoms with van der Waals surface area (Å²) in [6.45, 7) is 1.94. The Hall–Kier alpha value is -0.860. The number of ether oxygens (including phenoxy) is 2. The van der Waals surface area contributed by atoms with Crippen molar-refractivity contribution in [1.82, 2.24) is 0 Å². The van der Waals surface area contributed by atoms with Crippen molar-refractivity contribution in [2.45, 2.75) is 57.2 Å². The van der Waals surface area contributed by atoms with Crippen LogP contribution in [-0.2, 0) is 9.47 Å². The van der Waals surface area contributed by atoms with E-state index in [1.807, 2.05) is 36.4 Å². The molecule has 2 heteroatoms. The van der Waals surface area contributed by atoms with E-state index in [0.717, 1.165) is 19.6 Å². The lowest BCUT2D eigenvalue weighted by Crippen LogP contribution is -2.28. The highest BCUT2D eigenvalue weighted by atomic mass is 16.5. The molecule has 0 N–H and O–H groups in total. The van der Waals surface area contributed by atoms with Crippen LogP contribution in [0.5, 0.6) is 0 Å². The lowest BCUT2D eigenvalue weighted by Gasteiger charge is -2.29. The highest BCUT2D eigenvalue weighted by Gasteiger charge is 2.21. The zero-order chi connectivity index (χ0) is 13.2. The smallest absolute Gasteiger partial charge is 0.0599 e. The van der Waals surface area contributed by atoms with Gasteiger partial charge < -0.3 is 9.47 Å². The monoisotopic (exact) mass is 262 g/mol. The Morgan fingerprint density at radius 3 is 1.37 bits per heavy atom. The Morgan fingerprint density at radius 1 is 0.632 bits per heavy atom. The minimum atomic E-state index is 0.497. The molecule has 0 bridgehead atoms. The predicted octanol–water partition coefficient (Wildman–Crippen LogP) is 4.20. The van der Waals surface area contributed by atoms with E-state index in [1.165, 1.54) is 38.5 Å². The number of hydrogen-bond donors (Lipinski definition) is 0. The summed E-state index contributed by atoms with van der Waals surface area (Å²) < 4.78 is 11.4. The largest absolute Gasteiger partial charge is 0.378 e. The van der Waals surface area contributed by atoms with Crippen LogP contribution in [0.3, 0.4) is 0 Å². The van der Waals surface area contributed by atoms with E-state index in [4.69, 9.17) is 9.47 Å². The van der Waals surface area contributed by atoms with Crippen molar-refractivity contribution in [1.29, 1.82) is 0 Å². The van der Waals surface area contributed by atoms with Gasteiger partial charge in [-0.3, -0.25) is 0 Å². The third-order valence-corrected chi connectivity index (χ3v) is 3.74. The van der Waals surface area contributed by atoms with Crippen LogP contribution in [0.2, 0.25) is 0 Å². The van der Waals surface area contributed by atoms with E-state index >= 15 is 0 Å². The second-order valence-electron chi connectivity index (χ2n) is 5.37. The minimum absolute atomic E-state index is 0.497. The average molecular weight is 262 g/mol. The van der Waals surface area contributed by atoms with Crippen LogP contribution in [0.25, 0.3) is 0 Å². The van der Waals surface area contributed by atoms with Crippen molar-refractivity contribution in [3.63, 3.8) is 0 Å². The van der Waals surface area contributed by atoms with Gasteiger partial charge in [0.1, 0.15) is 0 Å². The molecule has 2 fully saturated rings. The first-order chi connectivity index (χ1) is 9.45. The van der Waals surface area contributed by atoms with Crippen molar-refractivity contribution < 1.29 is 9.47 Å². The first-order valence-corrected chi connectivity index (χ1v) is 7.68. The topological polar surface area (TPSA) is 18.5 Å². The van der Waals surface area contributed by atoms with E-state index < -0.39 is 0 Å². The van der Waals surface area contributed by atoms with Gasteiger partial charge in [0.2, 0.25) is 0 Å². The SMILES string of the molecule is C1CCC(CC2CCCCO2)OC1.c1ccccc1. The maximum Gasteiger partial charge on any atom is 0.0599 e. The quantitative estimate of drug-likeness (QED) is 0.795. The van der Waals surface area contributed by atoms with Gasteiger partial charge in [0, 0.05) is 13.2 Å². The molecule has 2 nitrogen and oxygen atoms in total. The van der Waals surface area contributed by atoms with Crippen molar-refractivity contribution in [2.75, 3.05) is 13.2 Å². The van der Waals surface area contributed by atoms with Crippen LogP contribution in [-0.4, -0.2) is 25.4 Å². The van der Waals surface area contributed by atoms with Crippen LogP contribution in [0.4, 0.5) is 0 Å². The third-order valence-electron chi connectivity index (χ3n) is 3.74. The summed E-state index contributed by atoms with van der Waals surface area (Å²) in [4.78, 5) is 0. The molecule has 1 aromatic rings. The molecule has 0 aliphatic carbocycles. The number of hydrogen-bond acceptors (Lipinski definition) is 2. The minimum Gasteiger partial charge on any atom is -0.378 e. The molecule has 2 saturated heterocycles. The molecule has 1 aromatic carbocycles. The summed E-state index contributed by atoms with van der Waals surface area (Å²) in [6.07, 6.45) is 9.83. The van der Waals surface area contributed by atoms with Gasteiger partial charge in [0.05, 0.1) is 12.2 Å². The van der Waals surface area contributed by atoms with Gasteiger partial charge in [-0.25, -0.2) is 0 Å². The fraction of sp³-hybridized carbons (Fsp3) is 0.647. The Bertz CT molecular complexity index is 258. The van der Waals surface area contributed by atoms with E-state index in [1.54, 1.807) is 0 Å². The molecule has 106 valence electrons. The molecular weight excluding hydrogens is 236 g/mol. The number of benzene rings is 1. The zero-order valence-corrected chi connectivity index (χ0v) is 11.8. The molecule has 3 rings (SSSR count). The van der Waals surface area contributed by atoms with E-state index in [-0.39, 0.29) is 0 Å².